The van der Waals surface area contributed by atoms with Gasteiger partial charge in [-0.15, -0.1) is 0 Å². The van der Waals surface area contributed by atoms with Crippen molar-refractivity contribution >= 4 is 5.97 Å². The van der Waals surface area contributed by atoms with Crippen LogP contribution in [-0.4, -0.2) is 16.2 Å². The Kier molecular flexibility index (Phi) is 4.22. The van der Waals surface area contributed by atoms with Gasteiger partial charge in [0.05, 0.1) is 16.7 Å². The van der Waals surface area contributed by atoms with Gasteiger partial charge in [-0.2, -0.15) is 10.5 Å². The molecule has 0 atom stereocenters. The van der Waals surface area contributed by atoms with Gasteiger partial charge in [0.2, 0.25) is 0 Å². The average molecular weight is 396 g/mol. The molecule has 0 amide bonds. The monoisotopic (exact) mass is 396 g/mol. The summed E-state index contributed by atoms with van der Waals surface area (Å²) in [4.78, 5) is 12.8. The molecule has 0 aromatic heterocycles. The maximum Gasteiger partial charge on any atom is 0.340 e. The Bertz CT molecular complexity index is 1240. The predicted molar refractivity (Wildman–Crippen MR) is 107 cm³/mol. The normalized spacial score (nSPS) is 13.8. The second kappa shape index (κ2) is 6.65. The van der Waals surface area contributed by atoms with E-state index in [0.717, 1.165) is 0 Å². The zero-order chi connectivity index (χ0) is 21.6. The fourth-order valence-corrected chi connectivity index (χ4v) is 3.95. The number of nitriles is 2. The molecule has 2 N–H and O–H groups in total. The van der Waals surface area contributed by atoms with E-state index in [4.69, 9.17) is 4.74 Å². The van der Waals surface area contributed by atoms with E-state index in [0.29, 0.717) is 33.4 Å². The summed E-state index contributed by atoms with van der Waals surface area (Å²) in [7, 11) is 0. The highest BCUT2D eigenvalue weighted by molar-refractivity contribution is 5.96. The van der Waals surface area contributed by atoms with E-state index in [2.05, 4.69) is 0 Å². The lowest BCUT2D eigenvalue weighted by Gasteiger charge is -2.31. The number of fused-ring (bicyclic) bond motifs is 1. The Morgan fingerprint density at radius 2 is 1.37 bits per heavy atom. The molecule has 0 spiro atoms. The maximum absolute atomic E-state index is 12.8. The van der Waals surface area contributed by atoms with Crippen molar-refractivity contribution in [2.24, 2.45) is 0 Å². The lowest BCUT2D eigenvalue weighted by Crippen LogP contribution is -2.30. The first-order valence-electron chi connectivity index (χ1n) is 9.14. The predicted octanol–water partition coefficient (Wildman–Crippen LogP) is 3.92. The number of carbonyl (C=O) groups excluding carboxylic acids is 1. The number of phenols is 2. The van der Waals surface area contributed by atoms with Crippen LogP contribution in [0.5, 0.6) is 11.5 Å². The molecule has 3 aromatic rings. The number of hydrogen-bond acceptors (Lipinski definition) is 6. The minimum atomic E-state index is -1.44. The van der Waals surface area contributed by atoms with Crippen LogP contribution in [0.2, 0.25) is 0 Å². The van der Waals surface area contributed by atoms with Gasteiger partial charge in [0, 0.05) is 16.7 Å². The number of aromatic hydroxyl groups is 2. The Labute approximate surface area is 172 Å². The van der Waals surface area contributed by atoms with Crippen molar-refractivity contribution in [3.8, 4) is 23.6 Å². The number of ether oxygens (including phenoxy) is 1. The zero-order valence-electron chi connectivity index (χ0n) is 16.2. The van der Waals surface area contributed by atoms with Crippen LogP contribution in [0.1, 0.15) is 49.3 Å². The van der Waals surface area contributed by atoms with Crippen molar-refractivity contribution < 1.29 is 19.7 Å². The van der Waals surface area contributed by atoms with Gasteiger partial charge in [0.1, 0.15) is 23.6 Å². The quantitative estimate of drug-likeness (QED) is 0.635. The summed E-state index contributed by atoms with van der Waals surface area (Å²) in [5.74, 6) is -0.832. The third-order valence-corrected chi connectivity index (χ3v) is 5.43. The molecule has 0 saturated carbocycles. The van der Waals surface area contributed by atoms with Crippen LogP contribution in [0.15, 0.2) is 48.5 Å². The highest BCUT2D eigenvalue weighted by Crippen LogP contribution is 2.49. The molecule has 0 aliphatic carbocycles. The number of hydrogen-bond donors (Lipinski definition) is 2. The van der Waals surface area contributed by atoms with Gasteiger partial charge in [-0.05, 0) is 55.3 Å². The summed E-state index contributed by atoms with van der Waals surface area (Å²) in [5.41, 5.74) is 1.37. The number of esters is 1. The van der Waals surface area contributed by atoms with Gasteiger partial charge >= 0.3 is 5.97 Å². The second-order valence-electron chi connectivity index (χ2n) is 7.22. The summed E-state index contributed by atoms with van der Waals surface area (Å²) in [6.07, 6.45) is 0. The molecule has 0 radical (unpaired) electrons. The fraction of sp³-hybridized carbons (Fsp3) is 0.125. The topological polar surface area (TPSA) is 114 Å². The van der Waals surface area contributed by atoms with Gasteiger partial charge in [0.15, 0.2) is 5.60 Å². The summed E-state index contributed by atoms with van der Waals surface area (Å²) >= 11 is 0. The molecule has 0 unspecified atom stereocenters. The number of phenolic OH excluding ortho intramolecular Hbond substituents is 2. The average Bonchev–Trinajstić information content (AvgIpc) is 3.05. The van der Waals surface area contributed by atoms with Gasteiger partial charge in [0.25, 0.3) is 0 Å². The molecule has 0 bridgehead atoms. The zero-order valence-corrected chi connectivity index (χ0v) is 16.2. The summed E-state index contributed by atoms with van der Waals surface area (Å²) in [6, 6.07) is 17.1. The number of benzene rings is 3. The van der Waals surface area contributed by atoms with E-state index in [9.17, 15) is 25.5 Å². The first kappa shape index (κ1) is 19.0. The minimum absolute atomic E-state index is 0.0424. The van der Waals surface area contributed by atoms with Crippen molar-refractivity contribution in [1.29, 1.82) is 10.5 Å². The van der Waals surface area contributed by atoms with E-state index in [1.165, 1.54) is 12.1 Å². The maximum atomic E-state index is 12.8. The van der Waals surface area contributed by atoms with E-state index in [-0.39, 0.29) is 22.6 Å². The smallest absolute Gasteiger partial charge is 0.340 e. The molecule has 0 saturated heterocycles. The van der Waals surface area contributed by atoms with Gasteiger partial charge in [-0.1, -0.05) is 18.2 Å². The molecule has 4 rings (SSSR count). The largest absolute Gasteiger partial charge is 0.506 e. The molecule has 6 nitrogen and oxygen atoms in total. The van der Waals surface area contributed by atoms with Crippen LogP contribution >= 0.6 is 0 Å². The van der Waals surface area contributed by atoms with Gasteiger partial charge in [-0.3, -0.25) is 0 Å². The van der Waals surface area contributed by atoms with Crippen LogP contribution < -0.4 is 0 Å². The lowest BCUT2D eigenvalue weighted by molar-refractivity contribution is 0.0251. The Morgan fingerprint density at radius 3 is 1.87 bits per heavy atom. The molecular weight excluding hydrogens is 380 g/mol. The molecule has 146 valence electrons. The van der Waals surface area contributed by atoms with Crippen LogP contribution in [0.25, 0.3) is 0 Å². The standard InChI is InChI=1S/C24H16N2O4/c1-13-7-17(9-15(11-25)21(13)27)24(18-8-14(2)22(28)16(10-18)12-26)20-6-4-3-5-19(20)23(29)30-24/h3-10,27-28H,1-2H3. The van der Waals surface area contributed by atoms with Crippen molar-refractivity contribution in [2.45, 2.75) is 19.4 Å². The summed E-state index contributed by atoms with van der Waals surface area (Å²) in [6.45, 7) is 3.30. The molecule has 1 aliphatic rings. The van der Waals surface area contributed by atoms with Crippen molar-refractivity contribution in [1.82, 2.24) is 0 Å². The Hall–Kier alpha value is -4.29. The van der Waals surface area contributed by atoms with E-state index < -0.39 is 11.6 Å². The molecule has 0 fully saturated rings. The van der Waals surface area contributed by atoms with Crippen molar-refractivity contribution in [3.63, 3.8) is 0 Å². The molecular formula is C24H16N2O4. The molecule has 30 heavy (non-hydrogen) atoms. The third kappa shape index (κ3) is 2.52. The summed E-state index contributed by atoms with van der Waals surface area (Å²) in [5, 5.41) is 39.4. The Morgan fingerprint density at radius 1 is 0.867 bits per heavy atom. The van der Waals surface area contributed by atoms with Crippen molar-refractivity contribution in [3.05, 3.63) is 93.0 Å². The van der Waals surface area contributed by atoms with Crippen LogP contribution in [-0.2, 0) is 10.3 Å². The number of aryl methyl sites for hydroxylation is 2. The van der Waals surface area contributed by atoms with E-state index in [1.807, 2.05) is 12.1 Å². The summed E-state index contributed by atoms with van der Waals surface area (Å²) < 4.78 is 5.96. The van der Waals surface area contributed by atoms with Crippen LogP contribution in [0.3, 0.4) is 0 Å². The highest BCUT2D eigenvalue weighted by Gasteiger charge is 2.49. The molecule has 1 aliphatic heterocycles. The van der Waals surface area contributed by atoms with Crippen molar-refractivity contribution in [2.75, 3.05) is 0 Å². The van der Waals surface area contributed by atoms with Gasteiger partial charge < -0.3 is 14.9 Å². The van der Waals surface area contributed by atoms with Gasteiger partial charge in [-0.25, -0.2) is 4.79 Å². The first-order chi connectivity index (χ1) is 14.3. The lowest BCUT2D eigenvalue weighted by atomic mass is 9.78. The van der Waals surface area contributed by atoms with Crippen LogP contribution in [0.4, 0.5) is 0 Å². The molecule has 6 heteroatoms. The molecule has 3 aromatic carbocycles. The third-order valence-electron chi connectivity index (χ3n) is 5.43. The number of rotatable bonds is 2. The number of nitrogens with zero attached hydrogens (tertiary/aromatic N) is 2. The number of carbonyl (C=O) groups is 1. The van der Waals surface area contributed by atoms with Crippen LogP contribution in [0, 0.1) is 36.5 Å². The first-order valence-corrected chi connectivity index (χ1v) is 9.14. The Balaban J connectivity index is 2.15. The van der Waals surface area contributed by atoms with E-state index in [1.54, 1.807) is 50.2 Å². The fourth-order valence-electron chi connectivity index (χ4n) is 3.95. The second-order valence-corrected chi connectivity index (χ2v) is 7.22. The SMILES string of the molecule is Cc1cc(C2(c3cc(C)c(O)c(C#N)c3)OC(=O)c3ccccc32)cc(C#N)c1O. The number of cyclic esters (lactones) is 1. The van der Waals surface area contributed by atoms with E-state index >= 15 is 0 Å². The highest BCUT2D eigenvalue weighted by atomic mass is 16.6. The molecule has 1 heterocycles. The minimum Gasteiger partial charge on any atom is -0.506 e.